The number of pyridine rings is 1. The summed E-state index contributed by atoms with van der Waals surface area (Å²) in [5.41, 5.74) is 3.39. The number of hydrogen-bond donors (Lipinski definition) is 2. The number of fused-ring (bicyclic) bond motifs is 1. The first-order chi connectivity index (χ1) is 11.8. The van der Waals surface area contributed by atoms with E-state index in [4.69, 9.17) is 0 Å². The van der Waals surface area contributed by atoms with Gasteiger partial charge < -0.3 is 5.32 Å². The summed E-state index contributed by atoms with van der Waals surface area (Å²) in [6, 6.07) is 9.45. The monoisotopic (exact) mass is 335 g/mol. The quantitative estimate of drug-likeness (QED) is 0.599. The zero-order valence-electron chi connectivity index (χ0n) is 12.6. The van der Waals surface area contributed by atoms with E-state index >= 15 is 0 Å². The zero-order valence-corrected chi connectivity index (χ0v) is 13.4. The third-order valence-electron chi connectivity index (χ3n) is 3.53. The van der Waals surface area contributed by atoms with Gasteiger partial charge in [0.1, 0.15) is 5.01 Å². The molecule has 3 heterocycles. The summed E-state index contributed by atoms with van der Waals surface area (Å²) in [7, 11) is 0. The Labute approximate surface area is 141 Å². The van der Waals surface area contributed by atoms with Gasteiger partial charge in [0.05, 0.1) is 23.8 Å². The lowest BCUT2D eigenvalue weighted by molar-refractivity contribution is -0.115. The van der Waals surface area contributed by atoms with Gasteiger partial charge in [-0.25, -0.2) is 4.98 Å². The van der Waals surface area contributed by atoms with Crippen LogP contribution >= 0.6 is 11.3 Å². The molecule has 0 radical (unpaired) electrons. The molecule has 1 aromatic carbocycles. The number of carbonyl (C=O) groups excluding carboxylic acids is 1. The molecule has 0 fully saturated rings. The normalized spacial score (nSPS) is 10.8. The van der Waals surface area contributed by atoms with Crippen molar-refractivity contribution in [2.45, 2.75) is 6.42 Å². The van der Waals surface area contributed by atoms with E-state index in [0.29, 0.717) is 0 Å². The number of nitrogens with one attached hydrogen (secondary N) is 2. The number of nitrogens with zero attached hydrogens (tertiary/aromatic N) is 3. The first-order valence-corrected chi connectivity index (χ1v) is 8.24. The van der Waals surface area contributed by atoms with Gasteiger partial charge in [0, 0.05) is 34.4 Å². The first-order valence-electron chi connectivity index (χ1n) is 7.36. The molecule has 0 saturated carbocycles. The van der Waals surface area contributed by atoms with E-state index in [2.05, 4.69) is 25.5 Å². The van der Waals surface area contributed by atoms with E-state index in [1.54, 1.807) is 18.6 Å². The van der Waals surface area contributed by atoms with Crippen LogP contribution in [0.25, 0.3) is 21.5 Å². The highest BCUT2D eigenvalue weighted by Crippen LogP contribution is 2.23. The summed E-state index contributed by atoms with van der Waals surface area (Å²) in [5, 5.41) is 13.5. The number of benzene rings is 1. The predicted molar refractivity (Wildman–Crippen MR) is 93.8 cm³/mol. The van der Waals surface area contributed by atoms with Gasteiger partial charge in [-0.3, -0.25) is 14.9 Å². The van der Waals surface area contributed by atoms with Crippen LogP contribution in [0.3, 0.4) is 0 Å². The fourth-order valence-electron chi connectivity index (χ4n) is 2.40. The Morgan fingerprint density at radius 1 is 1.25 bits per heavy atom. The molecule has 4 rings (SSSR count). The van der Waals surface area contributed by atoms with Crippen molar-refractivity contribution < 1.29 is 4.79 Å². The Morgan fingerprint density at radius 2 is 2.21 bits per heavy atom. The molecule has 0 unspecified atom stereocenters. The molecule has 0 aliphatic heterocycles. The minimum atomic E-state index is -0.0964. The van der Waals surface area contributed by atoms with E-state index in [-0.39, 0.29) is 12.3 Å². The van der Waals surface area contributed by atoms with Crippen LogP contribution in [0.1, 0.15) is 5.69 Å². The van der Waals surface area contributed by atoms with E-state index in [9.17, 15) is 4.79 Å². The molecule has 6 nitrogen and oxygen atoms in total. The molecule has 4 aromatic rings. The van der Waals surface area contributed by atoms with Crippen LogP contribution in [0, 0.1) is 0 Å². The Kier molecular flexibility index (Phi) is 3.76. The van der Waals surface area contributed by atoms with Crippen LogP contribution in [0.15, 0.2) is 54.3 Å². The highest BCUT2D eigenvalue weighted by molar-refractivity contribution is 7.13. The first kappa shape index (κ1) is 14.5. The van der Waals surface area contributed by atoms with Gasteiger partial charge in [0.2, 0.25) is 5.91 Å². The molecule has 0 aliphatic rings. The van der Waals surface area contributed by atoms with E-state index in [1.807, 2.05) is 35.7 Å². The number of anilines is 1. The largest absolute Gasteiger partial charge is 0.326 e. The van der Waals surface area contributed by atoms with Crippen molar-refractivity contribution in [1.29, 1.82) is 0 Å². The van der Waals surface area contributed by atoms with Crippen molar-refractivity contribution in [3.8, 4) is 10.6 Å². The summed E-state index contributed by atoms with van der Waals surface area (Å²) >= 11 is 1.51. The molecule has 0 bridgehead atoms. The Bertz CT molecular complexity index is 992. The van der Waals surface area contributed by atoms with Crippen LogP contribution in [0.2, 0.25) is 0 Å². The lowest BCUT2D eigenvalue weighted by Crippen LogP contribution is -2.14. The second-order valence-corrected chi connectivity index (χ2v) is 6.14. The van der Waals surface area contributed by atoms with E-state index in [0.717, 1.165) is 32.9 Å². The molecule has 0 spiro atoms. The highest BCUT2D eigenvalue weighted by atomic mass is 32.1. The van der Waals surface area contributed by atoms with Crippen molar-refractivity contribution >= 4 is 33.8 Å². The van der Waals surface area contributed by atoms with Gasteiger partial charge in [-0.15, -0.1) is 11.3 Å². The molecule has 0 aliphatic carbocycles. The second kappa shape index (κ2) is 6.21. The average Bonchev–Trinajstić information content (AvgIpc) is 3.24. The average molecular weight is 335 g/mol. The minimum Gasteiger partial charge on any atom is -0.326 e. The topological polar surface area (TPSA) is 83.6 Å². The van der Waals surface area contributed by atoms with Crippen LogP contribution < -0.4 is 5.32 Å². The SMILES string of the molecule is O=C(Cc1csc(-c2cccnc2)n1)Nc1ccc2[nH]ncc2c1. The molecule has 118 valence electrons. The van der Waals surface area contributed by atoms with Crippen molar-refractivity contribution in [2.24, 2.45) is 0 Å². The number of carbonyl (C=O) groups is 1. The second-order valence-electron chi connectivity index (χ2n) is 5.28. The zero-order chi connectivity index (χ0) is 16.4. The highest BCUT2D eigenvalue weighted by Gasteiger charge is 2.10. The van der Waals surface area contributed by atoms with Gasteiger partial charge in [0.15, 0.2) is 0 Å². The maximum absolute atomic E-state index is 12.2. The summed E-state index contributed by atoms with van der Waals surface area (Å²) in [6.45, 7) is 0. The van der Waals surface area contributed by atoms with Gasteiger partial charge in [-0.1, -0.05) is 0 Å². The number of amides is 1. The Hall–Kier alpha value is -3.06. The number of H-pyrrole nitrogens is 1. The predicted octanol–water partition coefficient (Wildman–Crippen LogP) is 3.26. The fraction of sp³-hybridized carbons (Fsp3) is 0.0588. The number of hydrogen-bond acceptors (Lipinski definition) is 5. The van der Waals surface area contributed by atoms with Crippen LogP contribution in [-0.2, 0) is 11.2 Å². The summed E-state index contributed by atoms with van der Waals surface area (Å²) in [5.74, 6) is -0.0964. The molecule has 1 amide bonds. The van der Waals surface area contributed by atoms with Crippen LogP contribution in [0.4, 0.5) is 5.69 Å². The molecule has 3 aromatic heterocycles. The van der Waals surface area contributed by atoms with E-state index < -0.39 is 0 Å². The number of rotatable bonds is 4. The third-order valence-corrected chi connectivity index (χ3v) is 4.47. The minimum absolute atomic E-state index is 0.0964. The number of aromatic nitrogens is 4. The molecule has 0 saturated heterocycles. The molecular formula is C17H13N5OS. The lowest BCUT2D eigenvalue weighted by atomic mass is 10.2. The Morgan fingerprint density at radius 3 is 3.08 bits per heavy atom. The lowest BCUT2D eigenvalue weighted by Gasteiger charge is -2.04. The summed E-state index contributed by atoms with van der Waals surface area (Å²) < 4.78 is 0. The van der Waals surface area contributed by atoms with Gasteiger partial charge in [-0.2, -0.15) is 5.10 Å². The van der Waals surface area contributed by atoms with Crippen molar-refractivity contribution in [3.05, 3.63) is 60.0 Å². The molecule has 24 heavy (non-hydrogen) atoms. The van der Waals surface area contributed by atoms with Crippen molar-refractivity contribution in [2.75, 3.05) is 5.32 Å². The summed E-state index contributed by atoms with van der Waals surface area (Å²) in [4.78, 5) is 20.8. The van der Waals surface area contributed by atoms with Crippen molar-refractivity contribution in [3.63, 3.8) is 0 Å². The third kappa shape index (κ3) is 3.02. The molecule has 2 N–H and O–H groups in total. The standard InChI is InChI=1S/C17H13N5OS/c23-16(20-13-3-4-15-12(6-13)9-19-22-15)7-14-10-24-17(21-14)11-2-1-5-18-8-11/h1-6,8-10H,7H2,(H,19,22)(H,20,23). The smallest absolute Gasteiger partial charge is 0.230 e. The Balaban J connectivity index is 1.45. The van der Waals surface area contributed by atoms with E-state index in [1.165, 1.54) is 11.3 Å². The van der Waals surface area contributed by atoms with Gasteiger partial charge in [-0.05, 0) is 30.3 Å². The fourth-order valence-corrected chi connectivity index (χ4v) is 3.21. The maximum Gasteiger partial charge on any atom is 0.230 e. The molecule has 0 atom stereocenters. The number of aromatic amines is 1. The molecular weight excluding hydrogens is 322 g/mol. The van der Waals surface area contributed by atoms with Crippen LogP contribution in [0.5, 0.6) is 0 Å². The number of thiazole rings is 1. The van der Waals surface area contributed by atoms with Crippen molar-refractivity contribution in [1.82, 2.24) is 20.2 Å². The maximum atomic E-state index is 12.2. The summed E-state index contributed by atoms with van der Waals surface area (Å²) in [6.07, 6.45) is 5.46. The van der Waals surface area contributed by atoms with Gasteiger partial charge in [0.25, 0.3) is 0 Å². The van der Waals surface area contributed by atoms with Gasteiger partial charge >= 0.3 is 0 Å². The van der Waals surface area contributed by atoms with Crippen LogP contribution in [-0.4, -0.2) is 26.1 Å². The molecule has 7 heteroatoms.